The second kappa shape index (κ2) is 2.77. The first-order valence-corrected chi connectivity index (χ1v) is 5.09. The van der Waals surface area contributed by atoms with Crippen LogP contribution in [0.25, 0.3) is 0 Å². The topological polar surface area (TPSA) is 102 Å². The summed E-state index contributed by atoms with van der Waals surface area (Å²) in [6.45, 7) is 0. The van der Waals surface area contributed by atoms with Crippen LogP contribution in [-0.4, -0.2) is 29.7 Å². The van der Waals surface area contributed by atoms with Crippen molar-refractivity contribution in [3.05, 3.63) is 18.0 Å². The molecule has 0 radical (unpaired) electrons. The van der Waals surface area contributed by atoms with E-state index in [9.17, 15) is 13.2 Å². The molecule has 0 spiro atoms. The van der Waals surface area contributed by atoms with Crippen LogP contribution in [0.2, 0.25) is 0 Å². The first-order chi connectivity index (χ1) is 5.84. The maximum atomic E-state index is 11.0. The number of rotatable bonds is 2. The van der Waals surface area contributed by atoms with E-state index in [-0.39, 0.29) is 5.69 Å². The lowest BCUT2D eigenvalue weighted by atomic mass is 10.4. The van der Waals surface area contributed by atoms with Crippen molar-refractivity contribution in [1.82, 2.24) is 3.97 Å². The Bertz CT molecular complexity index is 445. The monoisotopic (exact) mass is 204 g/mol. The van der Waals surface area contributed by atoms with Gasteiger partial charge in [0.15, 0.2) is 5.69 Å². The molecule has 0 saturated heterocycles. The van der Waals surface area contributed by atoms with Gasteiger partial charge in [0.05, 0.1) is 11.9 Å². The van der Waals surface area contributed by atoms with Crippen LogP contribution in [0.15, 0.2) is 12.3 Å². The van der Waals surface area contributed by atoms with Gasteiger partial charge in [-0.05, 0) is 6.07 Å². The molecule has 0 fully saturated rings. The normalized spacial score (nSPS) is 11.5. The summed E-state index contributed by atoms with van der Waals surface area (Å²) < 4.78 is 22.7. The molecule has 1 aromatic heterocycles. The van der Waals surface area contributed by atoms with Crippen LogP contribution in [0.1, 0.15) is 10.5 Å². The van der Waals surface area contributed by atoms with Crippen LogP contribution >= 0.6 is 0 Å². The summed E-state index contributed by atoms with van der Waals surface area (Å²) in [7, 11) is -3.60. The molecule has 0 amide bonds. The molecule has 0 aromatic carbocycles. The fourth-order valence-electron chi connectivity index (χ4n) is 0.923. The number of nitrogens with zero attached hydrogens (tertiary/aromatic N) is 1. The van der Waals surface area contributed by atoms with Gasteiger partial charge in [0, 0.05) is 6.20 Å². The highest BCUT2D eigenvalue weighted by Crippen LogP contribution is 2.14. The molecule has 3 N–H and O–H groups in total. The number of nitrogen functional groups attached to an aromatic ring is 1. The molecular weight excluding hydrogens is 196 g/mol. The maximum absolute atomic E-state index is 11.0. The van der Waals surface area contributed by atoms with E-state index in [1.807, 2.05) is 0 Å². The summed E-state index contributed by atoms with van der Waals surface area (Å²) in [5.74, 6) is -1.37. The SMILES string of the molecule is CS(=O)(=O)n1ccc(N)c1C(=O)O. The molecule has 7 heteroatoms. The third-order valence-corrected chi connectivity index (χ3v) is 2.46. The standard InChI is InChI=1S/C6H8N2O4S/c1-13(11,12)8-3-2-4(7)5(8)6(9)10/h2-3H,7H2,1H3,(H,9,10). The van der Waals surface area contributed by atoms with E-state index in [0.717, 1.165) is 12.5 Å². The highest BCUT2D eigenvalue weighted by molar-refractivity contribution is 7.89. The molecule has 0 bridgehead atoms. The predicted octanol–water partition coefficient (Wildman–Crippen LogP) is -0.424. The van der Waals surface area contributed by atoms with E-state index in [1.54, 1.807) is 0 Å². The van der Waals surface area contributed by atoms with Crippen LogP contribution in [0.4, 0.5) is 5.69 Å². The van der Waals surface area contributed by atoms with Gasteiger partial charge in [-0.2, -0.15) is 0 Å². The van der Waals surface area contributed by atoms with Crippen molar-refractivity contribution in [3.63, 3.8) is 0 Å². The Hall–Kier alpha value is -1.50. The zero-order valence-corrected chi connectivity index (χ0v) is 7.58. The van der Waals surface area contributed by atoms with Crippen molar-refractivity contribution < 1.29 is 18.3 Å². The number of carboxylic acids is 1. The van der Waals surface area contributed by atoms with Gasteiger partial charge < -0.3 is 10.8 Å². The lowest BCUT2D eigenvalue weighted by molar-refractivity contribution is 0.0690. The van der Waals surface area contributed by atoms with Crippen molar-refractivity contribution in [3.8, 4) is 0 Å². The van der Waals surface area contributed by atoms with Crippen molar-refractivity contribution in [2.24, 2.45) is 0 Å². The Labute approximate surface area is 74.6 Å². The number of aromatic nitrogens is 1. The quantitative estimate of drug-likeness (QED) is 0.680. The second-order valence-electron chi connectivity index (χ2n) is 2.48. The van der Waals surface area contributed by atoms with E-state index >= 15 is 0 Å². The fraction of sp³-hybridized carbons (Fsp3) is 0.167. The molecule has 0 atom stereocenters. The number of hydrogen-bond donors (Lipinski definition) is 2. The van der Waals surface area contributed by atoms with Gasteiger partial charge in [0.2, 0.25) is 10.0 Å². The van der Waals surface area contributed by atoms with Crippen LogP contribution in [0.5, 0.6) is 0 Å². The van der Waals surface area contributed by atoms with Crippen molar-refractivity contribution in [1.29, 1.82) is 0 Å². The Kier molecular flexibility index (Phi) is 2.04. The molecule has 1 heterocycles. The highest BCUT2D eigenvalue weighted by atomic mass is 32.2. The minimum atomic E-state index is -3.60. The second-order valence-corrected chi connectivity index (χ2v) is 4.34. The smallest absolute Gasteiger partial charge is 0.355 e. The van der Waals surface area contributed by atoms with E-state index in [2.05, 4.69) is 0 Å². The van der Waals surface area contributed by atoms with Crippen LogP contribution in [0.3, 0.4) is 0 Å². The average molecular weight is 204 g/mol. The van der Waals surface area contributed by atoms with Crippen LogP contribution in [-0.2, 0) is 10.0 Å². The number of carbonyl (C=O) groups is 1. The van der Waals surface area contributed by atoms with Gasteiger partial charge in [-0.25, -0.2) is 17.2 Å². The maximum Gasteiger partial charge on any atom is 0.355 e. The van der Waals surface area contributed by atoms with Gasteiger partial charge in [0.25, 0.3) is 0 Å². The van der Waals surface area contributed by atoms with Crippen LogP contribution < -0.4 is 5.73 Å². The lowest BCUT2D eigenvalue weighted by Gasteiger charge is -2.02. The Balaban J connectivity index is 3.49. The molecule has 0 aliphatic rings. The summed E-state index contributed by atoms with van der Waals surface area (Å²) in [4.78, 5) is 10.6. The third-order valence-electron chi connectivity index (χ3n) is 1.44. The number of aromatic carboxylic acids is 1. The number of hydrogen-bond acceptors (Lipinski definition) is 4. The molecule has 13 heavy (non-hydrogen) atoms. The van der Waals surface area contributed by atoms with E-state index in [4.69, 9.17) is 10.8 Å². The zero-order chi connectivity index (χ0) is 10.2. The van der Waals surface area contributed by atoms with Crippen molar-refractivity contribution >= 4 is 21.7 Å². The molecule has 6 nitrogen and oxygen atoms in total. The average Bonchev–Trinajstić information content (AvgIpc) is 2.28. The fourth-order valence-corrected chi connectivity index (χ4v) is 1.72. The molecule has 0 saturated carbocycles. The molecular formula is C6H8N2O4S. The third kappa shape index (κ3) is 1.64. The Morgan fingerprint density at radius 2 is 2.15 bits per heavy atom. The molecule has 1 rings (SSSR count). The molecule has 0 aliphatic heterocycles. The van der Waals surface area contributed by atoms with Gasteiger partial charge in [0.1, 0.15) is 0 Å². The largest absolute Gasteiger partial charge is 0.476 e. The number of anilines is 1. The summed E-state index contributed by atoms with van der Waals surface area (Å²) in [6.07, 6.45) is 2.01. The summed E-state index contributed by atoms with van der Waals surface area (Å²) in [6, 6.07) is 1.23. The van der Waals surface area contributed by atoms with Gasteiger partial charge >= 0.3 is 5.97 Å². The van der Waals surface area contributed by atoms with E-state index in [0.29, 0.717) is 3.97 Å². The van der Waals surface area contributed by atoms with Gasteiger partial charge in [-0.1, -0.05) is 0 Å². The summed E-state index contributed by atoms with van der Waals surface area (Å²) in [5.41, 5.74) is 4.77. The predicted molar refractivity (Wildman–Crippen MR) is 46.0 cm³/mol. The van der Waals surface area contributed by atoms with Crippen molar-refractivity contribution in [2.45, 2.75) is 0 Å². The number of nitrogens with two attached hydrogens (primary N) is 1. The van der Waals surface area contributed by atoms with Crippen LogP contribution in [0, 0.1) is 0 Å². The molecule has 72 valence electrons. The van der Waals surface area contributed by atoms with Gasteiger partial charge in [-0.15, -0.1) is 0 Å². The minimum Gasteiger partial charge on any atom is -0.476 e. The minimum absolute atomic E-state index is 0.0714. The molecule has 0 unspecified atom stereocenters. The highest BCUT2D eigenvalue weighted by Gasteiger charge is 2.19. The number of carboxylic acid groups (broad SMARTS) is 1. The van der Waals surface area contributed by atoms with E-state index in [1.165, 1.54) is 6.07 Å². The summed E-state index contributed by atoms with van der Waals surface area (Å²) >= 11 is 0. The lowest BCUT2D eigenvalue weighted by Crippen LogP contribution is -2.16. The molecule has 0 aliphatic carbocycles. The van der Waals surface area contributed by atoms with Crippen molar-refractivity contribution in [2.75, 3.05) is 12.0 Å². The first-order valence-electron chi connectivity index (χ1n) is 3.24. The molecule has 1 aromatic rings. The first kappa shape index (κ1) is 9.59. The summed E-state index contributed by atoms with van der Waals surface area (Å²) in [5, 5.41) is 8.63. The Morgan fingerprint density at radius 3 is 2.46 bits per heavy atom. The van der Waals surface area contributed by atoms with Gasteiger partial charge in [-0.3, -0.25) is 0 Å². The van der Waals surface area contributed by atoms with E-state index < -0.39 is 21.7 Å². The Morgan fingerprint density at radius 1 is 1.62 bits per heavy atom. The zero-order valence-electron chi connectivity index (χ0n) is 6.76.